The van der Waals surface area contributed by atoms with Crippen molar-refractivity contribution in [2.24, 2.45) is 5.92 Å². The number of phenolic OH excluding ortho intramolecular Hbond substituents is 1. The van der Waals surface area contributed by atoms with Gasteiger partial charge < -0.3 is 38.0 Å². The Kier molecular flexibility index (Phi) is 7.22. The first-order valence-electron chi connectivity index (χ1n) is 12.2. The average Bonchev–Trinajstić information content (AvgIpc) is 3.34. The van der Waals surface area contributed by atoms with Crippen molar-refractivity contribution in [3.8, 4) is 28.7 Å². The van der Waals surface area contributed by atoms with Crippen molar-refractivity contribution >= 4 is 8.32 Å². The maximum Gasteiger partial charge on any atom is 0.231 e. The molecule has 0 unspecified atom stereocenters. The largest absolute Gasteiger partial charge is 0.508 e. The van der Waals surface area contributed by atoms with E-state index in [2.05, 4.69) is 33.9 Å². The average molecular weight is 519 g/mol. The van der Waals surface area contributed by atoms with Crippen LogP contribution in [0.4, 0.5) is 0 Å². The lowest BCUT2D eigenvalue weighted by Gasteiger charge is -2.45. The van der Waals surface area contributed by atoms with Crippen LogP contribution in [0.15, 0.2) is 36.4 Å². The zero-order valence-electron chi connectivity index (χ0n) is 22.4. The number of ether oxygens (including phenoxy) is 6. The van der Waals surface area contributed by atoms with Crippen molar-refractivity contribution in [3.63, 3.8) is 0 Å². The molecule has 2 heterocycles. The van der Waals surface area contributed by atoms with Crippen LogP contribution in [0.1, 0.15) is 32.4 Å². The summed E-state index contributed by atoms with van der Waals surface area (Å²) in [6, 6.07) is 10.5. The van der Waals surface area contributed by atoms with E-state index >= 15 is 0 Å². The second kappa shape index (κ2) is 9.78. The van der Waals surface area contributed by atoms with Gasteiger partial charge in [0.1, 0.15) is 17.1 Å². The molecule has 0 saturated carbocycles. The van der Waals surface area contributed by atoms with E-state index < -0.39 is 26.3 Å². The Bertz CT molecular complexity index is 1060. The van der Waals surface area contributed by atoms with Gasteiger partial charge in [0.25, 0.3) is 0 Å². The Balaban J connectivity index is 1.78. The summed E-state index contributed by atoms with van der Waals surface area (Å²) in [7, 11) is 2.47. The van der Waals surface area contributed by atoms with Gasteiger partial charge in [-0.25, -0.2) is 0 Å². The summed E-state index contributed by atoms with van der Waals surface area (Å²) >= 11 is 0. The fraction of sp³-hybridized carbons (Fsp3) is 0.556. The Morgan fingerprint density at radius 2 is 1.58 bits per heavy atom. The van der Waals surface area contributed by atoms with Gasteiger partial charge in [-0.1, -0.05) is 26.8 Å². The number of hydrogen-bond donors (Lipinski definition) is 1. The van der Waals surface area contributed by atoms with Crippen molar-refractivity contribution in [1.82, 2.24) is 0 Å². The molecule has 36 heavy (non-hydrogen) atoms. The Labute approximate surface area is 214 Å². The van der Waals surface area contributed by atoms with E-state index in [0.717, 1.165) is 5.56 Å². The van der Waals surface area contributed by atoms with E-state index in [-0.39, 0.29) is 23.3 Å². The lowest BCUT2D eigenvalue weighted by molar-refractivity contribution is -0.146. The predicted octanol–water partition coefficient (Wildman–Crippen LogP) is 5.30. The Morgan fingerprint density at radius 1 is 0.944 bits per heavy atom. The number of aromatic hydroxyl groups is 1. The Morgan fingerprint density at radius 3 is 2.17 bits per heavy atom. The summed E-state index contributed by atoms with van der Waals surface area (Å²) in [6.07, 6.45) is -1.18. The summed E-state index contributed by atoms with van der Waals surface area (Å²) < 4.78 is 43.1. The second-order valence-electron chi connectivity index (χ2n) is 10.9. The van der Waals surface area contributed by atoms with Crippen molar-refractivity contribution < 1.29 is 38.0 Å². The SMILES string of the molecule is COc1ccc(O)cc1[C@H]1OC[C@]2(O[Si](C)(C)C(C)(C)C)[C@@H](Oc3c(OC)cccc3OC)OC[C@H]12. The molecule has 0 amide bonds. The zero-order valence-corrected chi connectivity index (χ0v) is 23.4. The highest BCUT2D eigenvalue weighted by Gasteiger charge is 2.65. The minimum Gasteiger partial charge on any atom is -0.508 e. The maximum absolute atomic E-state index is 10.2. The van der Waals surface area contributed by atoms with E-state index in [0.29, 0.717) is 29.6 Å². The third-order valence-electron chi connectivity index (χ3n) is 7.69. The normalized spacial score (nSPS) is 25.9. The van der Waals surface area contributed by atoms with Crippen LogP contribution in [-0.2, 0) is 13.9 Å². The standard InChI is InChI=1S/C27H38O8Si/c1-26(2,3)36(7,8)35-27-16-33-23(18-14-17(28)12-13-20(18)29-4)19(27)15-32-25(27)34-24-21(30-5)10-9-11-22(24)31-6/h9-14,19,23,25,28H,15-16H2,1-8H3/t19-,23-,25-,27-/m1/s1. The number of para-hydroxylation sites is 1. The molecule has 1 N–H and O–H groups in total. The van der Waals surface area contributed by atoms with Crippen molar-refractivity contribution in [3.05, 3.63) is 42.0 Å². The van der Waals surface area contributed by atoms with Crippen LogP contribution < -0.4 is 18.9 Å². The number of fused-ring (bicyclic) bond motifs is 1. The highest BCUT2D eigenvalue weighted by Crippen LogP contribution is 2.55. The van der Waals surface area contributed by atoms with E-state index in [1.54, 1.807) is 39.5 Å². The smallest absolute Gasteiger partial charge is 0.231 e. The van der Waals surface area contributed by atoms with Gasteiger partial charge in [-0.3, -0.25) is 0 Å². The molecular weight excluding hydrogens is 480 g/mol. The van der Waals surface area contributed by atoms with Gasteiger partial charge in [-0.05, 0) is 48.5 Å². The summed E-state index contributed by atoms with van der Waals surface area (Å²) in [5, 5.41) is 10.2. The Hall–Kier alpha value is -2.46. The topological polar surface area (TPSA) is 84.8 Å². The van der Waals surface area contributed by atoms with Crippen molar-refractivity contribution in [2.75, 3.05) is 34.5 Å². The predicted molar refractivity (Wildman–Crippen MR) is 138 cm³/mol. The monoisotopic (exact) mass is 518 g/mol. The molecule has 2 fully saturated rings. The molecule has 4 rings (SSSR count). The molecule has 0 spiro atoms. The first kappa shape index (κ1) is 26.6. The number of benzene rings is 2. The van der Waals surface area contributed by atoms with E-state index in [1.165, 1.54) is 0 Å². The van der Waals surface area contributed by atoms with Crippen molar-refractivity contribution in [1.29, 1.82) is 0 Å². The molecule has 2 aromatic carbocycles. The minimum absolute atomic E-state index is 0.0532. The molecule has 0 bridgehead atoms. The van der Waals surface area contributed by atoms with E-state index in [4.69, 9.17) is 32.8 Å². The number of hydrogen-bond acceptors (Lipinski definition) is 8. The van der Waals surface area contributed by atoms with Crippen LogP contribution in [0.2, 0.25) is 18.1 Å². The molecule has 8 nitrogen and oxygen atoms in total. The lowest BCUT2D eigenvalue weighted by Crippen LogP contribution is -2.58. The second-order valence-corrected chi connectivity index (χ2v) is 15.6. The number of methoxy groups -OCH3 is 3. The minimum atomic E-state index is -2.31. The number of rotatable bonds is 8. The molecular formula is C27H38O8Si. The zero-order chi connectivity index (χ0) is 26.3. The van der Waals surface area contributed by atoms with Gasteiger partial charge in [-0.15, -0.1) is 0 Å². The van der Waals surface area contributed by atoms with Crippen LogP contribution in [0.25, 0.3) is 0 Å². The fourth-order valence-electron chi connectivity index (χ4n) is 4.71. The lowest BCUT2D eigenvalue weighted by atomic mass is 9.85. The summed E-state index contributed by atoms with van der Waals surface area (Å²) in [4.78, 5) is 0. The molecule has 198 valence electrons. The quantitative estimate of drug-likeness (QED) is 0.471. The van der Waals surface area contributed by atoms with E-state index in [1.807, 2.05) is 18.2 Å². The maximum atomic E-state index is 10.2. The highest BCUT2D eigenvalue weighted by molar-refractivity contribution is 6.74. The first-order chi connectivity index (χ1) is 17.0. The molecule has 9 heteroatoms. The first-order valence-corrected chi connectivity index (χ1v) is 15.1. The summed E-state index contributed by atoms with van der Waals surface area (Å²) in [5.41, 5.74) is -0.141. The van der Waals surface area contributed by atoms with Crippen molar-refractivity contribution in [2.45, 2.75) is 56.9 Å². The van der Waals surface area contributed by atoms with Crippen LogP contribution in [0.3, 0.4) is 0 Å². The molecule has 4 atom stereocenters. The van der Waals surface area contributed by atoms with Gasteiger partial charge in [-0.2, -0.15) is 0 Å². The van der Waals surface area contributed by atoms with Crippen LogP contribution in [0.5, 0.6) is 28.7 Å². The third kappa shape index (κ3) is 4.53. The molecule has 2 aliphatic heterocycles. The molecule has 2 aromatic rings. The van der Waals surface area contributed by atoms with Crippen LogP contribution in [-0.4, -0.2) is 59.9 Å². The van der Waals surface area contributed by atoms with Gasteiger partial charge in [0.15, 0.2) is 19.8 Å². The fourth-order valence-corrected chi connectivity index (χ4v) is 6.27. The third-order valence-corrected chi connectivity index (χ3v) is 12.2. The van der Waals surface area contributed by atoms with E-state index in [9.17, 15) is 5.11 Å². The molecule has 2 saturated heterocycles. The summed E-state index contributed by atoms with van der Waals surface area (Å²) in [6.45, 7) is 11.6. The summed E-state index contributed by atoms with van der Waals surface area (Å²) in [5.74, 6) is 2.10. The molecule has 0 aliphatic carbocycles. The molecule has 2 aliphatic rings. The van der Waals surface area contributed by atoms with Gasteiger partial charge in [0, 0.05) is 11.5 Å². The number of phenols is 1. The molecule has 0 radical (unpaired) electrons. The highest BCUT2D eigenvalue weighted by atomic mass is 28.4. The van der Waals surface area contributed by atoms with Gasteiger partial charge in [0.2, 0.25) is 12.0 Å². The van der Waals surface area contributed by atoms with Crippen LogP contribution >= 0.6 is 0 Å². The van der Waals surface area contributed by atoms with Gasteiger partial charge >= 0.3 is 0 Å². The van der Waals surface area contributed by atoms with Crippen LogP contribution in [0, 0.1) is 5.92 Å². The van der Waals surface area contributed by atoms with Gasteiger partial charge in [0.05, 0.1) is 40.6 Å². The molecule has 0 aromatic heterocycles.